The number of nitrogens with zero attached hydrogens (tertiary/aromatic N) is 3. The van der Waals surface area contributed by atoms with Gasteiger partial charge in [0.25, 0.3) is 5.56 Å². The van der Waals surface area contributed by atoms with E-state index in [-0.39, 0.29) is 39.1 Å². The molecule has 0 aromatic carbocycles. The lowest BCUT2D eigenvalue weighted by Crippen LogP contribution is -2.36. The van der Waals surface area contributed by atoms with Crippen LogP contribution in [0.1, 0.15) is 25.5 Å². The van der Waals surface area contributed by atoms with E-state index >= 15 is 0 Å². The number of rotatable bonds is 10. The highest BCUT2D eigenvalue weighted by molar-refractivity contribution is 7.48. The van der Waals surface area contributed by atoms with E-state index in [1.54, 1.807) is 0 Å². The van der Waals surface area contributed by atoms with Gasteiger partial charge in [0.15, 0.2) is 10.6 Å². The Balaban J connectivity index is 2.05. The van der Waals surface area contributed by atoms with E-state index in [9.17, 15) is 14.2 Å². The van der Waals surface area contributed by atoms with Crippen molar-refractivity contribution in [2.24, 2.45) is 0 Å². The van der Waals surface area contributed by atoms with Crippen LogP contribution in [-0.4, -0.2) is 39.8 Å². The van der Waals surface area contributed by atoms with Gasteiger partial charge in [-0.2, -0.15) is 10.5 Å². The van der Waals surface area contributed by atoms with Crippen molar-refractivity contribution >= 4 is 31.0 Å². The quantitative estimate of drug-likeness (QED) is 0.309. The monoisotopic (exact) mass is 466 g/mol. The number of H-pyrrole nitrogens is 1. The highest BCUT2D eigenvalue weighted by atomic mass is 35.5. The number of alkyl halides is 2. The van der Waals surface area contributed by atoms with Crippen LogP contribution in [0.15, 0.2) is 21.9 Å². The van der Waals surface area contributed by atoms with Crippen LogP contribution >= 0.6 is 31.0 Å². The molecule has 1 aliphatic heterocycles. The first-order valence-corrected chi connectivity index (χ1v) is 10.5. The smallest absolute Gasteiger partial charge is 0.349 e. The predicted octanol–water partition coefficient (Wildman–Crippen LogP) is 1.98. The first-order chi connectivity index (χ1) is 13.7. The van der Waals surface area contributed by atoms with Crippen molar-refractivity contribution in [1.82, 2.24) is 9.55 Å². The van der Waals surface area contributed by atoms with Gasteiger partial charge in [0.2, 0.25) is 0 Å². The number of phosphoric acid groups is 1. The highest BCUT2D eigenvalue weighted by Gasteiger charge is 2.48. The Bertz CT molecular complexity index is 927. The second-order valence-electron chi connectivity index (χ2n) is 5.82. The summed E-state index contributed by atoms with van der Waals surface area (Å²) >= 11 is 12.5. The van der Waals surface area contributed by atoms with Gasteiger partial charge in [-0.15, -0.1) is 0 Å². The summed E-state index contributed by atoms with van der Waals surface area (Å²) in [6, 6.07) is 4.75. The van der Waals surface area contributed by atoms with Crippen molar-refractivity contribution in [3.05, 3.63) is 33.1 Å². The molecule has 14 heteroatoms. The molecule has 158 valence electrons. The largest absolute Gasteiger partial charge is 0.474 e. The lowest BCUT2D eigenvalue weighted by Gasteiger charge is -2.22. The fourth-order valence-electron chi connectivity index (χ4n) is 2.41. The summed E-state index contributed by atoms with van der Waals surface area (Å²) in [4.78, 5) is 25.3. The molecule has 0 amide bonds. The van der Waals surface area contributed by atoms with Crippen molar-refractivity contribution < 1.29 is 22.9 Å². The van der Waals surface area contributed by atoms with E-state index in [1.165, 1.54) is 6.20 Å². The summed E-state index contributed by atoms with van der Waals surface area (Å²) in [6.07, 6.45) is -0.821. The minimum absolute atomic E-state index is 0.00271. The molecule has 0 spiro atoms. The summed E-state index contributed by atoms with van der Waals surface area (Å²) in [5.41, 5.74) is -1.36. The van der Waals surface area contributed by atoms with Gasteiger partial charge in [0.1, 0.15) is 0 Å². The number of nitriles is 2. The molecule has 1 aromatic heterocycles. The third-order valence-corrected chi connectivity index (χ3v) is 5.78. The van der Waals surface area contributed by atoms with Gasteiger partial charge in [-0.3, -0.25) is 27.9 Å². The Labute approximate surface area is 175 Å². The molecule has 2 atom stereocenters. The number of aromatic amines is 1. The molecule has 1 aliphatic rings. The maximum absolute atomic E-state index is 12.6. The molecule has 2 rings (SSSR count). The van der Waals surface area contributed by atoms with Crippen molar-refractivity contribution in [3.8, 4) is 12.1 Å². The average Bonchev–Trinajstić information content (AvgIpc) is 2.95. The predicted molar refractivity (Wildman–Crippen MR) is 100 cm³/mol. The topological polar surface area (TPSA) is 156 Å². The Morgan fingerprint density at radius 1 is 1.24 bits per heavy atom. The molecule has 0 saturated carbocycles. The molecule has 0 bridgehead atoms. The molecule has 1 saturated heterocycles. The standard InChI is InChI=1S/C15H17Cl2N4O7P/c16-15(17)9-11(28-13(15)21-6-3-12(22)20-14(21)23)10-27-29(24,25-7-1-4-18)26-8-2-5-19/h3,6,11,13H,1-2,7-10H2,(H,20,22,23). The first-order valence-electron chi connectivity index (χ1n) is 8.33. The molecular weight excluding hydrogens is 450 g/mol. The minimum atomic E-state index is -4.07. The molecule has 1 N–H and O–H groups in total. The molecule has 0 radical (unpaired) electrons. The fourth-order valence-corrected chi connectivity index (χ4v) is 4.27. The SMILES string of the molecule is N#CCCOP(=O)(OCCC#N)OCC1CC(Cl)(Cl)C(n2ccc(=O)[nH]c2=O)O1. The lowest BCUT2D eigenvalue weighted by molar-refractivity contribution is -0.0293. The van der Waals surface area contributed by atoms with Crippen LogP contribution in [0.3, 0.4) is 0 Å². The van der Waals surface area contributed by atoms with Crippen LogP contribution in [0.4, 0.5) is 0 Å². The summed E-state index contributed by atoms with van der Waals surface area (Å²) in [5.74, 6) is 0. The fraction of sp³-hybridized carbons (Fsp3) is 0.600. The van der Waals surface area contributed by atoms with Crippen LogP contribution in [0.25, 0.3) is 0 Å². The number of hydrogen-bond acceptors (Lipinski definition) is 9. The number of hydrogen-bond donors (Lipinski definition) is 1. The normalized spacial score (nSPS) is 20.8. The van der Waals surface area contributed by atoms with Gasteiger partial charge < -0.3 is 4.74 Å². The van der Waals surface area contributed by atoms with E-state index in [0.717, 1.165) is 10.6 Å². The summed E-state index contributed by atoms with van der Waals surface area (Å²) < 4.78 is 33.1. The molecule has 2 unspecified atom stereocenters. The van der Waals surface area contributed by atoms with E-state index in [2.05, 4.69) is 4.98 Å². The highest BCUT2D eigenvalue weighted by Crippen LogP contribution is 2.52. The number of phosphoric ester groups is 1. The molecule has 1 aromatic rings. The van der Waals surface area contributed by atoms with Crippen molar-refractivity contribution in [2.45, 2.75) is 35.9 Å². The van der Waals surface area contributed by atoms with Gasteiger partial charge in [0, 0.05) is 18.7 Å². The number of ether oxygens (including phenoxy) is 1. The van der Waals surface area contributed by atoms with Gasteiger partial charge in [-0.25, -0.2) is 9.36 Å². The second-order valence-corrected chi connectivity index (χ2v) is 9.03. The first kappa shape index (κ1) is 23.6. The Morgan fingerprint density at radius 3 is 2.41 bits per heavy atom. The molecule has 1 fully saturated rings. The average molecular weight is 467 g/mol. The van der Waals surface area contributed by atoms with Crippen molar-refractivity contribution in [3.63, 3.8) is 0 Å². The Hall–Kier alpha value is -1.69. The Morgan fingerprint density at radius 2 is 1.86 bits per heavy atom. The summed E-state index contributed by atoms with van der Waals surface area (Å²) in [7, 11) is -4.07. The van der Waals surface area contributed by atoms with Gasteiger partial charge in [0.05, 0.1) is 50.9 Å². The van der Waals surface area contributed by atoms with Crippen molar-refractivity contribution in [1.29, 1.82) is 10.5 Å². The molecule has 11 nitrogen and oxygen atoms in total. The zero-order valence-corrected chi connectivity index (χ0v) is 17.4. The zero-order chi connectivity index (χ0) is 21.5. The minimum Gasteiger partial charge on any atom is -0.349 e. The van der Waals surface area contributed by atoms with E-state index in [0.29, 0.717) is 0 Å². The maximum Gasteiger partial charge on any atom is 0.474 e. The van der Waals surface area contributed by atoms with E-state index in [1.807, 2.05) is 12.1 Å². The summed E-state index contributed by atoms with van der Waals surface area (Å²) in [5, 5.41) is 17.1. The van der Waals surface area contributed by atoms with E-state index < -0.39 is 35.7 Å². The maximum atomic E-state index is 12.6. The van der Waals surface area contributed by atoms with Crippen LogP contribution in [0, 0.1) is 22.7 Å². The summed E-state index contributed by atoms with van der Waals surface area (Å²) in [6.45, 7) is -0.710. The van der Waals surface area contributed by atoms with Crippen LogP contribution in [-0.2, 0) is 22.9 Å². The van der Waals surface area contributed by atoms with Gasteiger partial charge in [-0.05, 0) is 0 Å². The number of nitrogens with one attached hydrogen (secondary N) is 1. The Kier molecular flexibility index (Phi) is 8.44. The number of halogens is 2. The molecule has 29 heavy (non-hydrogen) atoms. The van der Waals surface area contributed by atoms with Crippen LogP contribution in [0.2, 0.25) is 0 Å². The molecular formula is C15H17Cl2N4O7P. The second kappa shape index (κ2) is 10.4. The van der Waals surface area contributed by atoms with E-state index in [4.69, 9.17) is 52.0 Å². The van der Waals surface area contributed by atoms with Gasteiger partial charge in [-0.1, -0.05) is 23.2 Å². The third kappa shape index (κ3) is 6.66. The van der Waals surface area contributed by atoms with Crippen LogP contribution < -0.4 is 11.2 Å². The van der Waals surface area contributed by atoms with Gasteiger partial charge >= 0.3 is 13.5 Å². The lowest BCUT2D eigenvalue weighted by atomic mass is 10.2. The third-order valence-electron chi connectivity index (χ3n) is 3.63. The number of aromatic nitrogens is 2. The van der Waals surface area contributed by atoms with Crippen molar-refractivity contribution in [2.75, 3.05) is 19.8 Å². The zero-order valence-electron chi connectivity index (χ0n) is 15.0. The molecule has 0 aliphatic carbocycles. The van der Waals surface area contributed by atoms with Crippen LogP contribution in [0.5, 0.6) is 0 Å². The molecule has 2 heterocycles.